The molecule has 1 heterocycles. The standard InChI is InChI=1S/C22H32N4O3/c1-5-23-21(25-16-22(4,28)19-13-12-17(3)29-19)24-14-20(27)26(6-2)15-18-10-8-7-9-11-18/h7-13,28H,5-6,14-16H2,1-4H3,(H2,23,24,25). The second-order valence-electron chi connectivity index (χ2n) is 7.13. The number of carbonyl (C=O) groups is 1. The average molecular weight is 401 g/mol. The van der Waals surface area contributed by atoms with E-state index in [1.165, 1.54) is 0 Å². The lowest BCUT2D eigenvalue weighted by molar-refractivity contribution is -0.130. The van der Waals surface area contributed by atoms with Crippen LogP contribution in [0.15, 0.2) is 51.9 Å². The number of nitrogens with zero attached hydrogens (tertiary/aromatic N) is 2. The van der Waals surface area contributed by atoms with Gasteiger partial charge in [-0.1, -0.05) is 30.3 Å². The Morgan fingerprint density at radius 1 is 1.17 bits per heavy atom. The molecule has 2 rings (SSSR count). The highest BCUT2D eigenvalue weighted by molar-refractivity contribution is 5.85. The number of furan rings is 1. The van der Waals surface area contributed by atoms with E-state index in [2.05, 4.69) is 15.6 Å². The lowest BCUT2D eigenvalue weighted by Gasteiger charge is -2.23. The Hall–Kier alpha value is -2.80. The number of guanidine groups is 1. The van der Waals surface area contributed by atoms with E-state index >= 15 is 0 Å². The molecule has 0 aliphatic carbocycles. The summed E-state index contributed by atoms with van der Waals surface area (Å²) >= 11 is 0. The molecule has 0 spiro atoms. The van der Waals surface area contributed by atoms with Gasteiger partial charge in [0.15, 0.2) is 5.96 Å². The molecule has 1 aromatic carbocycles. The van der Waals surface area contributed by atoms with Crippen molar-refractivity contribution in [1.29, 1.82) is 0 Å². The Bertz CT molecular complexity index is 799. The SMILES string of the molecule is CCNC(=NCC(=O)N(CC)Cc1ccccc1)NCC(C)(O)c1ccc(C)o1. The summed E-state index contributed by atoms with van der Waals surface area (Å²) in [5, 5.41) is 16.9. The third kappa shape index (κ3) is 6.94. The molecule has 7 nitrogen and oxygen atoms in total. The van der Waals surface area contributed by atoms with Crippen LogP contribution in [0.25, 0.3) is 0 Å². The van der Waals surface area contributed by atoms with Crippen molar-refractivity contribution >= 4 is 11.9 Å². The lowest BCUT2D eigenvalue weighted by atomic mass is 10.0. The Kier molecular flexibility index (Phi) is 8.27. The smallest absolute Gasteiger partial charge is 0.244 e. The molecular weight excluding hydrogens is 368 g/mol. The fourth-order valence-electron chi connectivity index (χ4n) is 2.84. The zero-order valence-electron chi connectivity index (χ0n) is 17.7. The number of benzene rings is 1. The summed E-state index contributed by atoms with van der Waals surface area (Å²) in [4.78, 5) is 18.8. The molecule has 7 heteroatoms. The van der Waals surface area contributed by atoms with Crippen molar-refractivity contribution in [2.45, 2.75) is 39.8 Å². The molecule has 158 valence electrons. The maximum absolute atomic E-state index is 12.6. The first kappa shape index (κ1) is 22.5. The van der Waals surface area contributed by atoms with Crippen LogP contribution in [0.3, 0.4) is 0 Å². The third-order valence-electron chi connectivity index (χ3n) is 4.54. The van der Waals surface area contributed by atoms with Crippen molar-refractivity contribution in [2.24, 2.45) is 4.99 Å². The van der Waals surface area contributed by atoms with Crippen LogP contribution in [0, 0.1) is 6.92 Å². The van der Waals surface area contributed by atoms with Crippen molar-refractivity contribution in [2.75, 3.05) is 26.2 Å². The Morgan fingerprint density at radius 3 is 2.48 bits per heavy atom. The topological polar surface area (TPSA) is 90.1 Å². The van der Waals surface area contributed by atoms with Crippen molar-refractivity contribution < 1.29 is 14.3 Å². The molecule has 0 radical (unpaired) electrons. The minimum atomic E-state index is -1.20. The second-order valence-corrected chi connectivity index (χ2v) is 7.13. The Balaban J connectivity index is 1.97. The Labute approximate surface area is 172 Å². The first-order chi connectivity index (χ1) is 13.9. The molecule has 29 heavy (non-hydrogen) atoms. The number of hydrogen-bond acceptors (Lipinski definition) is 4. The molecule has 2 aromatic rings. The molecule has 1 unspecified atom stereocenters. The molecular formula is C22H32N4O3. The van der Waals surface area contributed by atoms with Gasteiger partial charge >= 0.3 is 0 Å². The van der Waals surface area contributed by atoms with E-state index in [-0.39, 0.29) is 19.0 Å². The van der Waals surface area contributed by atoms with E-state index in [0.29, 0.717) is 31.4 Å². The number of aliphatic hydroxyl groups is 1. The van der Waals surface area contributed by atoms with E-state index in [9.17, 15) is 9.90 Å². The van der Waals surface area contributed by atoms with Crippen molar-refractivity contribution in [3.8, 4) is 0 Å². The van der Waals surface area contributed by atoms with Gasteiger partial charge in [0, 0.05) is 19.6 Å². The van der Waals surface area contributed by atoms with E-state index in [0.717, 1.165) is 11.3 Å². The van der Waals surface area contributed by atoms with E-state index in [4.69, 9.17) is 4.42 Å². The van der Waals surface area contributed by atoms with Gasteiger partial charge in [0.25, 0.3) is 0 Å². The maximum Gasteiger partial charge on any atom is 0.244 e. The van der Waals surface area contributed by atoms with Gasteiger partial charge in [-0.25, -0.2) is 4.99 Å². The van der Waals surface area contributed by atoms with E-state index < -0.39 is 5.60 Å². The van der Waals surface area contributed by atoms with Crippen LogP contribution in [0.2, 0.25) is 0 Å². The Morgan fingerprint density at radius 2 is 1.90 bits per heavy atom. The quantitative estimate of drug-likeness (QED) is 0.444. The average Bonchev–Trinajstić information content (AvgIpc) is 3.16. The third-order valence-corrected chi connectivity index (χ3v) is 4.54. The normalized spacial score (nSPS) is 13.6. The van der Waals surface area contributed by atoms with Gasteiger partial charge in [-0.05, 0) is 45.4 Å². The molecule has 0 saturated heterocycles. The van der Waals surface area contributed by atoms with Crippen molar-refractivity contribution in [3.05, 3.63) is 59.5 Å². The number of carbonyl (C=O) groups excluding carboxylic acids is 1. The van der Waals surface area contributed by atoms with Gasteiger partial charge in [-0.2, -0.15) is 0 Å². The first-order valence-electron chi connectivity index (χ1n) is 9.99. The molecule has 3 N–H and O–H groups in total. The number of aliphatic imine (C=N–C) groups is 1. The molecule has 0 fully saturated rings. The van der Waals surface area contributed by atoms with Crippen LogP contribution in [-0.4, -0.2) is 48.1 Å². The van der Waals surface area contributed by atoms with Crippen LogP contribution < -0.4 is 10.6 Å². The minimum absolute atomic E-state index is 0.0258. The number of rotatable bonds is 9. The van der Waals surface area contributed by atoms with Crippen LogP contribution in [0.4, 0.5) is 0 Å². The fraction of sp³-hybridized carbons (Fsp3) is 0.455. The summed E-state index contributed by atoms with van der Waals surface area (Å²) < 4.78 is 5.53. The van der Waals surface area contributed by atoms with Crippen LogP contribution in [0.1, 0.15) is 37.9 Å². The van der Waals surface area contributed by atoms with Gasteiger partial charge in [0.2, 0.25) is 5.91 Å². The summed E-state index contributed by atoms with van der Waals surface area (Å²) in [5.74, 6) is 1.64. The van der Waals surface area contributed by atoms with Gasteiger partial charge in [0.1, 0.15) is 23.7 Å². The van der Waals surface area contributed by atoms with Crippen LogP contribution >= 0.6 is 0 Å². The minimum Gasteiger partial charge on any atom is -0.463 e. The number of amides is 1. The molecule has 1 atom stereocenters. The summed E-state index contributed by atoms with van der Waals surface area (Å²) in [6, 6.07) is 13.5. The highest BCUT2D eigenvalue weighted by atomic mass is 16.4. The highest BCUT2D eigenvalue weighted by Gasteiger charge is 2.27. The molecule has 0 aliphatic rings. The number of hydrogen-bond donors (Lipinski definition) is 3. The zero-order chi connectivity index (χ0) is 21.3. The predicted octanol–water partition coefficient (Wildman–Crippen LogP) is 2.40. The van der Waals surface area contributed by atoms with Gasteiger partial charge in [0.05, 0.1) is 6.54 Å². The van der Waals surface area contributed by atoms with E-state index in [1.807, 2.05) is 57.2 Å². The van der Waals surface area contributed by atoms with Gasteiger partial charge in [-0.3, -0.25) is 4.79 Å². The molecule has 0 bridgehead atoms. The van der Waals surface area contributed by atoms with E-state index in [1.54, 1.807) is 17.9 Å². The monoisotopic (exact) mass is 400 g/mol. The van der Waals surface area contributed by atoms with Gasteiger partial charge < -0.3 is 25.1 Å². The largest absolute Gasteiger partial charge is 0.463 e. The van der Waals surface area contributed by atoms with Crippen LogP contribution in [0.5, 0.6) is 0 Å². The van der Waals surface area contributed by atoms with Gasteiger partial charge in [-0.15, -0.1) is 0 Å². The second kappa shape index (κ2) is 10.7. The maximum atomic E-state index is 12.6. The summed E-state index contributed by atoms with van der Waals surface area (Å²) in [7, 11) is 0. The number of aryl methyl sites for hydroxylation is 1. The highest BCUT2D eigenvalue weighted by Crippen LogP contribution is 2.21. The molecule has 1 aromatic heterocycles. The molecule has 0 aliphatic heterocycles. The zero-order valence-corrected chi connectivity index (χ0v) is 17.7. The molecule has 0 saturated carbocycles. The first-order valence-corrected chi connectivity index (χ1v) is 9.99. The summed E-state index contributed by atoms with van der Waals surface area (Å²) in [5.41, 5.74) is -0.112. The van der Waals surface area contributed by atoms with Crippen molar-refractivity contribution in [1.82, 2.24) is 15.5 Å². The summed E-state index contributed by atoms with van der Waals surface area (Å²) in [6.45, 7) is 9.44. The van der Waals surface area contributed by atoms with Crippen LogP contribution in [-0.2, 0) is 16.9 Å². The molecule has 1 amide bonds. The van der Waals surface area contributed by atoms with Crippen molar-refractivity contribution in [3.63, 3.8) is 0 Å². The predicted molar refractivity (Wildman–Crippen MR) is 115 cm³/mol. The number of likely N-dealkylation sites (N-methyl/N-ethyl adjacent to an activating group) is 1. The lowest BCUT2D eigenvalue weighted by Crippen LogP contribution is -2.45. The fourth-order valence-corrected chi connectivity index (χ4v) is 2.84. The summed E-state index contributed by atoms with van der Waals surface area (Å²) in [6.07, 6.45) is 0. The number of nitrogens with one attached hydrogen (secondary N) is 2.